The van der Waals surface area contributed by atoms with Crippen LogP contribution in [0.1, 0.15) is 11.3 Å². The number of para-hydroxylation sites is 2. The van der Waals surface area contributed by atoms with E-state index in [1.807, 2.05) is 66.1 Å². The summed E-state index contributed by atoms with van der Waals surface area (Å²) in [6, 6.07) is 27.9. The van der Waals surface area contributed by atoms with Crippen molar-refractivity contribution >= 4 is 66.5 Å². The number of furan rings is 1. The fourth-order valence-electron chi connectivity index (χ4n) is 5.33. The van der Waals surface area contributed by atoms with Gasteiger partial charge in [-0.1, -0.05) is 46.3 Å². The van der Waals surface area contributed by atoms with Crippen LogP contribution in [0.2, 0.25) is 0 Å². The van der Waals surface area contributed by atoms with Crippen LogP contribution in [0.25, 0.3) is 44.4 Å². The van der Waals surface area contributed by atoms with Crippen LogP contribution in [0.5, 0.6) is 0 Å². The van der Waals surface area contributed by atoms with Crippen LogP contribution in [0, 0.1) is 12.7 Å². The van der Waals surface area contributed by atoms with Gasteiger partial charge in [-0.2, -0.15) is 9.78 Å². The first-order chi connectivity index (χ1) is 21.4. The molecule has 3 heterocycles. The number of halogens is 2. The summed E-state index contributed by atoms with van der Waals surface area (Å²) in [5.41, 5.74) is 3.69. The van der Waals surface area contributed by atoms with Crippen LogP contribution in [-0.2, 0) is 11.3 Å². The highest BCUT2D eigenvalue weighted by molar-refractivity contribution is 9.10. The summed E-state index contributed by atoms with van der Waals surface area (Å²) >= 11 is 3.49. The Kier molecular flexibility index (Phi) is 6.90. The lowest BCUT2D eigenvalue weighted by Crippen LogP contribution is -2.20. The Morgan fingerprint density at radius 1 is 1.00 bits per heavy atom. The standard InChI is InChI=1S/C34H23BrFN5O3/c1-20-27(25-6-3-5-9-29(25)40(20)19-32(42)38-24-13-11-23(36)12-14-24)18-37-41-33(39-28-8-4-2-7-26(28)34(41)43)31-17-21-16-22(35)10-15-30(21)44-31/h2-18H,19H2,1H3,(H,38,42). The minimum Gasteiger partial charge on any atom is -0.453 e. The number of benzene rings is 4. The van der Waals surface area contributed by atoms with E-state index in [0.29, 0.717) is 27.9 Å². The van der Waals surface area contributed by atoms with Gasteiger partial charge in [0.25, 0.3) is 5.56 Å². The Balaban J connectivity index is 1.32. The van der Waals surface area contributed by atoms with Crippen molar-refractivity contribution in [1.82, 2.24) is 14.2 Å². The lowest BCUT2D eigenvalue weighted by molar-refractivity contribution is -0.116. The molecule has 8 nitrogen and oxygen atoms in total. The van der Waals surface area contributed by atoms with Gasteiger partial charge in [-0.15, -0.1) is 0 Å². The van der Waals surface area contributed by atoms with Crippen LogP contribution in [0.15, 0.2) is 116 Å². The van der Waals surface area contributed by atoms with E-state index in [4.69, 9.17) is 9.40 Å². The van der Waals surface area contributed by atoms with E-state index in [0.717, 1.165) is 32.0 Å². The summed E-state index contributed by atoms with van der Waals surface area (Å²) in [4.78, 5) is 31.5. The molecule has 0 saturated heterocycles. The van der Waals surface area contributed by atoms with Crippen molar-refractivity contribution in [3.8, 4) is 11.6 Å². The highest BCUT2D eigenvalue weighted by Gasteiger charge is 2.19. The molecule has 44 heavy (non-hydrogen) atoms. The number of amides is 1. The molecule has 0 radical (unpaired) electrons. The first-order valence-electron chi connectivity index (χ1n) is 13.7. The number of aromatic nitrogens is 3. The molecule has 0 fully saturated rings. The van der Waals surface area contributed by atoms with Crippen LogP contribution < -0.4 is 10.9 Å². The van der Waals surface area contributed by atoms with Crippen LogP contribution in [0.3, 0.4) is 0 Å². The first kappa shape index (κ1) is 27.5. The Morgan fingerprint density at radius 2 is 1.75 bits per heavy atom. The molecule has 0 aliphatic heterocycles. The van der Waals surface area contributed by atoms with Crippen LogP contribution in [-0.4, -0.2) is 26.3 Å². The maximum Gasteiger partial charge on any atom is 0.282 e. The molecule has 216 valence electrons. The summed E-state index contributed by atoms with van der Waals surface area (Å²) in [7, 11) is 0. The lowest BCUT2D eigenvalue weighted by Gasteiger charge is -2.10. The maximum atomic E-state index is 13.8. The maximum absolute atomic E-state index is 13.8. The summed E-state index contributed by atoms with van der Waals surface area (Å²) in [6.45, 7) is 1.92. The number of nitrogens with one attached hydrogen (secondary N) is 1. The fourth-order valence-corrected chi connectivity index (χ4v) is 5.71. The molecule has 0 unspecified atom stereocenters. The van der Waals surface area contributed by atoms with E-state index in [1.165, 1.54) is 28.9 Å². The number of carbonyl (C=O) groups is 1. The molecule has 0 saturated carbocycles. The van der Waals surface area contributed by atoms with Crippen molar-refractivity contribution in [1.29, 1.82) is 0 Å². The van der Waals surface area contributed by atoms with Crippen LogP contribution in [0.4, 0.5) is 10.1 Å². The largest absolute Gasteiger partial charge is 0.453 e. The second-order valence-electron chi connectivity index (χ2n) is 10.3. The molecule has 7 aromatic rings. The van der Waals surface area contributed by atoms with E-state index in [-0.39, 0.29) is 29.7 Å². The van der Waals surface area contributed by atoms with Crippen molar-refractivity contribution in [2.75, 3.05) is 5.32 Å². The average molecular weight is 648 g/mol. The number of nitrogens with zero attached hydrogens (tertiary/aromatic N) is 4. The highest BCUT2D eigenvalue weighted by atomic mass is 79.9. The number of hydrogen-bond donors (Lipinski definition) is 1. The predicted molar refractivity (Wildman–Crippen MR) is 174 cm³/mol. The van der Waals surface area contributed by atoms with Gasteiger partial charge >= 0.3 is 0 Å². The SMILES string of the molecule is Cc1c(C=Nn2c(-c3cc4cc(Br)ccc4o3)nc3ccccc3c2=O)c2ccccc2n1CC(=O)Nc1ccc(F)cc1. The zero-order valence-corrected chi connectivity index (χ0v) is 24.9. The Labute approximate surface area is 258 Å². The van der Waals surface area contributed by atoms with Gasteiger partial charge in [0.2, 0.25) is 11.7 Å². The third-order valence-corrected chi connectivity index (χ3v) is 7.96. The molecular weight excluding hydrogens is 625 g/mol. The van der Waals surface area contributed by atoms with Crippen molar-refractivity contribution in [3.05, 3.63) is 129 Å². The Morgan fingerprint density at radius 3 is 2.57 bits per heavy atom. The lowest BCUT2D eigenvalue weighted by atomic mass is 10.1. The number of anilines is 1. The molecule has 0 bridgehead atoms. The van der Waals surface area contributed by atoms with Gasteiger partial charge < -0.3 is 14.3 Å². The molecule has 0 spiro atoms. The number of hydrogen-bond acceptors (Lipinski definition) is 5. The highest BCUT2D eigenvalue weighted by Crippen LogP contribution is 2.30. The van der Waals surface area contributed by atoms with E-state index in [2.05, 4.69) is 26.3 Å². The van der Waals surface area contributed by atoms with Crippen molar-refractivity contribution in [2.24, 2.45) is 5.10 Å². The Bertz CT molecular complexity index is 2320. The molecule has 3 aromatic heterocycles. The topological polar surface area (TPSA) is 94.4 Å². The molecular formula is C34H23BrFN5O3. The summed E-state index contributed by atoms with van der Waals surface area (Å²) in [6.07, 6.45) is 1.62. The number of rotatable bonds is 6. The minimum absolute atomic E-state index is 0.0227. The van der Waals surface area contributed by atoms with Crippen molar-refractivity contribution in [2.45, 2.75) is 13.5 Å². The monoisotopic (exact) mass is 647 g/mol. The zero-order valence-electron chi connectivity index (χ0n) is 23.3. The second-order valence-corrected chi connectivity index (χ2v) is 11.2. The molecule has 0 aliphatic carbocycles. The second kappa shape index (κ2) is 11.1. The molecule has 10 heteroatoms. The summed E-state index contributed by atoms with van der Waals surface area (Å²) in [5.74, 6) is 0.0150. The molecule has 0 aliphatic rings. The fraction of sp³-hybridized carbons (Fsp3) is 0.0588. The molecule has 1 N–H and O–H groups in total. The molecule has 4 aromatic carbocycles. The minimum atomic E-state index is -0.378. The van der Waals surface area contributed by atoms with E-state index >= 15 is 0 Å². The first-order valence-corrected chi connectivity index (χ1v) is 14.5. The van der Waals surface area contributed by atoms with Crippen LogP contribution >= 0.6 is 15.9 Å². The van der Waals surface area contributed by atoms with Gasteiger partial charge in [-0.25, -0.2) is 9.37 Å². The molecule has 0 atom stereocenters. The van der Waals surface area contributed by atoms with Gasteiger partial charge in [0.15, 0.2) is 5.76 Å². The third kappa shape index (κ3) is 4.99. The zero-order chi connectivity index (χ0) is 30.4. The number of fused-ring (bicyclic) bond motifs is 3. The quantitative estimate of drug-likeness (QED) is 0.189. The summed E-state index contributed by atoms with van der Waals surface area (Å²) < 4.78 is 23.5. The van der Waals surface area contributed by atoms with Gasteiger partial charge in [0.1, 0.15) is 17.9 Å². The van der Waals surface area contributed by atoms with E-state index in [9.17, 15) is 14.0 Å². The van der Waals surface area contributed by atoms with Crippen molar-refractivity contribution < 1.29 is 13.6 Å². The number of carbonyl (C=O) groups excluding carboxylic acids is 1. The molecule has 1 amide bonds. The van der Waals surface area contributed by atoms with Gasteiger partial charge in [0.05, 0.1) is 17.1 Å². The third-order valence-electron chi connectivity index (χ3n) is 7.46. The average Bonchev–Trinajstić information content (AvgIpc) is 3.56. The van der Waals surface area contributed by atoms with Gasteiger partial charge in [-0.05, 0) is 73.7 Å². The van der Waals surface area contributed by atoms with E-state index in [1.54, 1.807) is 24.4 Å². The van der Waals surface area contributed by atoms with Crippen molar-refractivity contribution in [3.63, 3.8) is 0 Å². The Hall–Kier alpha value is -5.35. The smallest absolute Gasteiger partial charge is 0.282 e. The summed E-state index contributed by atoms with van der Waals surface area (Å²) in [5, 5.41) is 9.62. The van der Waals surface area contributed by atoms with Gasteiger partial charge in [-0.3, -0.25) is 9.59 Å². The normalized spacial score (nSPS) is 11.7. The molecule has 7 rings (SSSR count). The predicted octanol–water partition coefficient (Wildman–Crippen LogP) is 7.50. The van der Waals surface area contributed by atoms with Gasteiger partial charge in [0, 0.05) is 37.7 Å². The van der Waals surface area contributed by atoms with E-state index < -0.39 is 0 Å².